The fourth-order valence-electron chi connectivity index (χ4n) is 1.70. The largest absolute Gasteiger partial charge is 0.311 e. The lowest BCUT2D eigenvalue weighted by Crippen LogP contribution is -2.19. The van der Waals surface area contributed by atoms with Gasteiger partial charge in [0.25, 0.3) is 0 Å². The summed E-state index contributed by atoms with van der Waals surface area (Å²) >= 11 is 0. The van der Waals surface area contributed by atoms with Gasteiger partial charge in [-0.1, -0.05) is 19.1 Å². The molecule has 108 valence electrons. The van der Waals surface area contributed by atoms with Crippen molar-refractivity contribution in [2.45, 2.75) is 20.4 Å². The van der Waals surface area contributed by atoms with Gasteiger partial charge in [-0.05, 0) is 12.5 Å². The van der Waals surface area contributed by atoms with Crippen LogP contribution in [0.4, 0.5) is 13.2 Å². The van der Waals surface area contributed by atoms with Crippen LogP contribution in [-0.4, -0.2) is 21.5 Å². The van der Waals surface area contributed by atoms with Crippen molar-refractivity contribution in [3.8, 4) is 5.69 Å². The topological polar surface area (TPSA) is 42.7 Å². The summed E-state index contributed by atoms with van der Waals surface area (Å²) in [5.41, 5.74) is 0.264. The Hall–Kier alpha value is -1.89. The second kappa shape index (κ2) is 6.04. The van der Waals surface area contributed by atoms with E-state index in [1.807, 2.05) is 0 Å². The van der Waals surface area contributed by atoms with Crippen LogP contribution in [0.5, 0.6) is 0 Å². The molecule has 0 unspecified atom stereocenters. The van der Waals surface area contributed by atoms with E-state index in [-0.39, 0.29) is 5.69 Å². The van der Waals surface area contributed by atoms with Crippen LogP contribution >= 0.6 is 0 Å². The highest BCUT2D eigenvalue weighted by Gasteiger charge is 2.14. The van der Waals surface area contributed by atoms with E-state index in [4.69, 9.17) is 0 Å². The van der Waals surface area contributed by atoms with Crippen molar-refractivity contribution in [2.24, 2.45) is 5.92 Å². The minimum atomic E-state index is -1.25. The lowest BCUT2D eigenvalue weighted by Gasteiger charge is -2.04. The molecule has 4 nitrogen and oxygen atoms in total. The van der Waals surface area contributed by atoms with Gasteiger partial charge in [0, 0.05) is 18.7 Å². The van der Waals surface area contributed by atoms with Crippen LogP contribution in [0.15, 0.2) is 18.3 Å². The second-order valence-electron chi connectivity index (χ2n) is 4.90. The summed E-state index contributed by atoms with van der Waals surface area (Å²) in [6, 6.07) is 1.36. The molecule has 0 amide bonds. The van der Waals surface area contributed by atoms with Crippen LogP contribution in [0.3, 0.4) is 0 Å². The molecule has 0 spiro atoms. The molecule has 2 aromatic rings. The lowest BCUT2D eigenvalue weighted by atomic mass is 10.2. The summed E-state index contributed by atoms with van der Waals surface area (Å²) in [7, 11) is 0. The Morgan fingerprint density at radius 1 is 1.25 bits per heavy atom. The molecule has 1 N–H and O–H groups in total. The molecular formula is C13H15F3N4. The van der Waals surface area contributed by atoms with Crippen LogP contribution in [0, 0.1) is 23.4 Å². The predicted molar refractivity (Wildman–Crippen MR) is 67.8 cm³/mol. The first-order valence-corrected chi connectivity index (χ1v) is 6.24. The minimum Gasteiger partial charge on any atom is -0.311 e. The fraction of sp³-hybridized carbons (Fsp3) is 0.385. The van der Waals surface area contributed by atoms with Crippen LogP contribution in [0.25, 0.3) is 5.69 Å². The summed E-state index contributed by atoms with van der Waals surface area (Å²) < 4.78 is 40.9. The van der Waals surface area contributed by atoms with Crippen LogP contribution in [0.2, 0.25) is 0 Å². The van der Waals surface area contributed by atoms with Gasteiger partial charge >= 0.3 is 0 Å². The Balaban J connectivity index is 2.16. The van der Waals surface area contributed by atoms with Gasteiger partial charge in [0.1, 0.15) is 11.5 Å². The van der Waals surface area contributed by atoms with Crippen molar-refractivity contribution in [1.29, 1.82) is 0 Å². The summed E-state index contributed by atoms with van der Waals surface area (Å²) in [5.74, 6) is -2.79. The predicted octanol–water partition coefficient (Wildman–Crippen LogP) is 2.43. The molecule has 0 radical (unpaired) electrons. The maximum atomic E-state index is 13.6. The van der Waals surface area contributed by atoms with Gasteiger partial charge in [-0.3, -0.25) is 0 Å². The molecule has 20 heavy (non-hydrogen) atoms. The van der Waals surface area contributed by atoms with Crippen LogP contribution in [-0.2, 0) is 6.54 Å². The first kappa shape index (κ1) is 14.5. The van der Waals surface area contributed by atoms with E-state index < -0.39 is 17.5 Å². The van der Waals surface area contributed by atoms with Gasteiger partial charge in [0.05, 0.1) is 11.9 Å². The normalized spacial score (nSPS) is 11.3. The Labute approximate surface area is 114 Å². The second-order valence-corrected chi connectivity index (χ2v) is 4.90. The molecule has 1 aromatic carbocycles. The molecule has 0 fully saturated rings. The zero-order valence-electron chi connectivity index (χ0n) is 11.2. The highest BCUT2D eigenvalue weighted by molar-refractivity contribution is 5.34. The first-order valence-electron chi connectivity index (χ1n) is 6.24. The third-order valence-corrected chi connectivity index (χ3v) is 2.62. The molecule has 0 aliphatic heterocycles. The number of aromatic nitrogens is 3. The molecule has 0 aliphatic rings. The van der Waals surface area contributed by atoms with E-state index >= 15 is 0 Å². The standard InChI is InChI=1S/C13H15F3N4/c1-8(2)5-17-6-10-7-20(19-18-10)12-4-9(14)3-11(15)13(12)16/h3-4,7-8,17H,5-6H2,1-2H3. The Bertz CT molecular complexity index is 595. The van der Waals surface area contributed by atoms with Crippen LogP contribution in [0.1, 0.15) is 19.5 Å². The number of hydrogen-bond acceptors (Lipinski definition) is 3. The minimum absolute atomic E-state index is 0.301. The summed E-state index contributed by atoms with van der Waals surface area (Å²) in [6.07, 6.45) is 1.44. The quantitative estimate of drug-likeness (QED) is 0.858. The van der Waals surface area contributed by atoms with Crippen molar-refractivity contribution < 1.29 is 13.2 Å². The highest BCUT2D eigenvalue weighted by atomic mass is 19.2. The monoisotopic (exact) mass is 284 g/mol. The first-order chi connectivity index (χ1) is 9.47. The Kier molecular flexibility index (Phi) is 4.39. The van der Waals surface area contributed by atoms with Gasteiger partial charge in [-0.2, -0.15) is 0 Å². The van der Waals surface area contributed by atoms with E-state index in [2.05, 4.69) is 29.5 Å². The molecular weight excluding hydrogens is 269 g/mol. The molecule has 0 aliphatic carbocycles. The number of hydrogen-bond donors (Lipinski definition) is 1. The van der Waals surface area contributed by atoms with Gasteiger partial charge < -0.3 is 5.32 Å². The Morgan fingerprint density at radius 3 is 2.70 bits per heavy atom. The molecule has 0 saturated heterocycles. The number of nitrogens with one attached hydrogen (secondary N) is 1. The molecule has 0 bridgehead atoms. The van der Waals surface area contributed by atoms with E-state index in [0.717, 1.165) is 17.3 Å². The zero-order valence-corrected chi connectivity index (χ0v) is 11.2. The number of benzene rings is 1. The van der Waals surface area contributed by atoms with E-state index in [0.29, 0.717) is 24.2 Å². The van der Waals surface area contributed by atoms with Gasteiger partial charge in [-0.15, -0.1) is 5.10 Å². The number of nitrogens with zero attached hydrogens (tertiary/aromatic N) is 3. The summed E-state index contributed by atoms with van der Waals surface area (Å²) in [5, 5.41) is 10.7. The SMILES string of the molecule is CC(C)CNCc1cn(-c2cc(F)cc(F)c2F)nn1. The molecule has 0 saturated carbocycles. The van der Waals surface area contributed by atoms with Crippen LogP contribution < -0.4 is 5.32 Å². The van der Waals surface area contributed by atoms with Crippen molar-refractivity contribution in [2.75, 3.05) is 6.54 Å². The number of rotatable bonds is 5. The third-order valence-electron chi connectivity index (χ3n) is 2.62. The lowest BCUT2D eigenvalue weighted by molar-refractivity contribution is 0.487. The van der Waals surface area contributed by atoms with Crippen molar-refractivity contribution in [1.82, 2.24) is 20.3 Å². The van der Waals surface area contributed by atoms with Crippen molar-refractivity contribution in [3.05, 3.63) is 41.5 Å². The average molecular weight is 284 g/mol. The number of halogens is 3. The molecule has 7 heteroatoms. The summed E-state index contributed by atoms with van der Waals surface area (Å²) in [4.78, 5) is 0. The zero-order chi connectivity index (χ0) is 14.7. The molecule has 1 aromatic heterocycles. The van der Waals surface area contributed by atoms with E-state index in [1.54, 1.807) is 0 Å². The van der Waals surface area contributed by atoms with Gasteiger partial charge in [0.2, 0.25) is 0 Å². The summed E-state index contributed by atoms with van der Waals surface area (Å²) in [6.45, 7) is 5.39. The molecule has 0 atom stereocenters. The molecule has 1 heterocycles. The van der Waals surface area contributed by atoms with E-state index in [1.165, 1.54) is 6.20 Å². The fourth-order valence-corrected chi connectivity index (χ4v) is 1.70. The van der Waals surface area contributed by atoms with Crippen molar-refractivity contribution in [3.63, 3.8) is 0 Å². The van der Waals surface area contributed by atoms with E-state index in [9.17, 15) is 13.2 Å². The highest BCUT2D eigenvalue weighted by Crippen LogP contribution is 2.17. The third kappa shape index (κ3) is 3.36. The smallest absolute Gasteiger partial charge is 0.184 e. The Morgan fingerprint density at radius 2 is 2.00 bits per heavy atom. The maximum absolute atomic E-state index is 13.6. The van der Waals surface area contributed by atoms with Crippen molar-refractivity contribution >= 4 is 0 Å². The average Bonchev–Trinajstić information content (AvgIpc) is 2.82. The maximum Gasteiger partial charge on any atom is 0.184 e. The van der Waals surface area contributed by atoms with Gasteiger partial charge in [-0.25, -0.2) is 17.9 Å². The molecule has 2 rings (SSSR count). The van der Waals surface area contributed by atoms with Gasteiger partial charge in [0.15, 0.2) is 11.6 Å².